The van der Waals surface area contributed by atoms with Crippen LogP contribution in [0.1, 0.15) is 23.7 Å². The highest BCUT2D eigenvalue weighted by molar-refractivity contribution is 6.37. The van der Waals surface area contributed by atoms with Gasteiger partial charge >= 0.3 is 5.92 Å². The number of aliphatic imine (C=N–C) groups is 2. The van der Waals surface area contributed by atoms with E-state index >= 15 is 0 Å². The number of nitrogens with two attached hydrogens (primary N) is 1. The molecule has 11 heteroatoms. The number of alkyl halides is 2. The Hall–Kier alpha value is -2.52. The molecule has 0 bridgehead atoms. The second-order valence-corrected chi connectivity index (χ2v) is 7.62. The third kappa shape index (κ3) is 3.28. The van der Waals surface area contributed by atoms with Gasteiger partial charge in [0.2, 0.25) is 0 Å². The van der Waals surface area contributed by atoms with Crippen molar-refractivity contribution in [1.29, 1.82) is 0 Å². The first-order chi connectivity index (χ1) is 13.6. The van der Waals surface area contributed by atoms with Crippen molar-refractivity contribution in [1.82, 2.24) is 4.98 Å². The lowest BCUT2D eigenvalue weighted by molar-refractivity contribution is -0.117. The molecule has 4 rings (SSSR count). The Labute approximate surface area is 173 Å². The van der Waals surface area contributed by atoms with E-state index in [9.17, 15) is 13.2 Å². The van der Waals surface area contributed by atoms with Crippen LogP contribution in [0.15, 0.2) is 34.4 Å². The fraction of sp³-hybridized carbons (Fsp3) is 0.278. The number of amidine groups is 2. The molecule has 1 atom stereocenters. The Morgan fingerprint density at radius 2 is 2.00 bits per heavy atom. The van der Waals surface area contributed by atoms with Crippen LogP contribution in [0.5, 0.6) is 0 Å². The highest BCUT2D eigenvalue weighted by Gasteiger charge is 2.56. The Kier molecular flexibility index (Phi) is 4.62. The van der Waals surface area contributed by atoms with Gasteiger partial charge < -0.3 is 15.8 Å². The Morgan fingerprint density at radius 1 is 1.24 bits per heavy atom. The van der Waals surface area contributed by atoms with Crippen molar-refractivity contribution in [2.75, 3.05) is 11.9 Å². The molecule has 3 N–H and O–H groups in total. The van der Waals surface area contributed by atoms with E-state index in [1.807, 2.05) is 0 Å². The third-order valence-electron chi connectivity index (χ3n) is 4.86. The minimum absolute atomic E-state index is 0.108. The minimum atomic E-state index is -3.47. The fourth-order valence-corrected chi connectivity index (χ4v) is 3.66. The van der Waals surface area contributed by atoms with Crippen LogP contribution in [-0.4, -0.2) is 29.4 Å². The van der Waals surface area contributed by atoms with Gasteiger partial charge in [0.25, 0.3) is 6.02 Å². The first-order valence-electron chi connectivity index (χ1n) is 8.42. The highest BCUT2D eigenvalue weighted by Crippen LogP contribution is 2.45. The quantitative estimate of drug-likeness (QED) is 0.731. The van der Waals surface area contributed by atoms with E-state index in [1.165, 1.54) is 18.3 Å². The highest BCUT2D eigenvalue weighted by atomic mass is 35.5. The molecule has 2 aromatic rings. The molecule has 6 nitrogen and oxygen atoms in total. The number of halogens is 5. The molecule has 0 saturated carbocycles. The number of ether oxygens (including phenoxy) is 1. The Balaban J connectivity index is 1.77. The summed E-state index contributed by atoms with van der Waals surface area (Å²) in [5.74, 6) is -4.01. The lowest BCUT2D eigenvalue weighted by atomic mass is 9.84. The molecule has 0 unspecified atom stereocenters. The van der Waals surface area contributed by atoms with Gasteiger partial charge in [-0.05, 0) is 25.1 Å². The molecule has 2 aliphatic heterocycles. The summed E-state index contributed by atoms with van der Waals surface area (Å²) in [7, 11) is 0. The fourth-order valence-electron chi connectivity index (χ4n) is 3.19. The van der Waals surface area contributed by atoms with Crippen LogP contribution in [0.2, 0.25) is 10.0 Å². The lowest BCUT2D eigenvalue weighted by Crippen LogP contribution is -2.51. The molecule has 152 valence electrons. The van der Waals surface area contributed by atoms with Crippen molar-refractivity contribution in [2.45, 2.75) is 24.9 Å². The summed E-state index contributed by atoms with van der Waals surface area (Å²) in [6.45, 7) is 0.222. The second kappa shape index (κ2) is 6.77. The van der Waals surface area contributed by atoms with Crippen molar-refractivity contribution in [3.63, 3.8) is 0 Å². The largest absolute Gasteiger partial charge is 0.459 e. The number of benzene rings is 1. The number of nitrogens with one attached hydrogen (secondary N) is 1. The summed E-state index contributed by atoms with van der Waals surface area (Å²) in [4.78, 5) is 12.2. The third-order valence-corrected chi connectivity index (χ3v) is 5.35. The number of fused-ring (bicyclic) bond motifs is 1. The normalized spacial score (nSPS) is 22.7. The first-order valence-corrected chi connectivity index (χ1v) is 9.18. The number of anilines is 1. The van der Waals surface area contributed by atoms with Crippen LogP contribution < -0.4 is 11.1 Å². The van der Waals surface area contributed by atoms with Crippen LogP contribution >= 0.6 is 23.2 Å². The van der Waals surface area contributed by atoms with Gasteiger partial charge in [-0.25, -0.2) is 14.4 Å². The smallest absolute Gasteiger partial charge is 0.310 e. The van der Waals surface area contributed by atoms with E-state index in [1.54, 1.807) is 0 Å². The van der Waals surface area contributed by atoms with E-state index in [0.717, 1.165) is 13.0 Å². The first kappa shape index (κ1) is 19.8. The molecule has 0 radical (unpaired) electrons. The standard InChI is InChI=1S/C18H14Cl2F3N5O/c1-17(18(22,23)7-29-16(24)28-17)10-4-13-8(2-12(10)21)5-26-15(27-13)14-11(20)3-9(19)6-25-14/h2-4,6H,5,7H2,1H3,(H2,24,28)(H,26,27)/t17-/m1/s1. The molecular weight excluding hydrogens is 430 g/mol. The van der Waals surface area contributed by atoms with Crippen molar-refractivity contribution in [3.05, 3.63) is 57.1 Å². The zero-order valence-electron chi connectivity index (χ0n) is 14.9. The molecular formula is C18H14Cl2F3N5O. The predicted octanol–water partition coefficient (Wildman–Crippen LogP) is 4.10. The maximum absolute atomic E-state index is 14.8. The molecule has 3 heterocycles. The van der Waals surface area contributed by atoms with E-state index in [2.05, 4.69) is 25.0 Å². The van der Waals surface area contributed by atoms with Gasteiger partial charge in [-0.3, -0.25) is 4.99 Å². The van der Waals surface area contributed by atoms with Crippen LogP contribution in [-0.2, 0) is 16.8 Å². The second-order valence-electron chi connectivity index (χ2n) is 6.78. The number of nitrogens with zero attached hydrogens (tertiary/aromatic N) is 3. The zero-order chi connectivity index (χ0) is 21.0. The molecule has 29 heavy (non-hydrogen) atoms. The topological polar surface area (TPSA) is 84.9 Å². The number of rotatable bonds is 2. The van der Waals surface area contributed by atoms with Crippen LogP contribution in [0.4, 0.5) is 18.9 Å². The van der Waals surface area contributed by atoms with E-state index in [0.29, 0.717) is 27.8 Å². The van der Waals surface area contributed by atoms with Gasteiger partial charge in [0.15, 0.2) is 18.0 Å². The molecule has 0 amide bonds. The Bertz CT molecular complexity index is 1080. The zero-order valence-corrected chi connectivity index (χ0v) is 16.5. The van der Waals surface area contributed by atoms with Gasteiger partial charge in [0.1, 0.15) is 11.5 Å². The molecule has 0 saturated heterocycles. The Morgan fingerprint density at radius 3 is 2.72 bits per heavy atom. The van der Waals surface area contributed by atoms with Crippen LogP contribution in [0, 0.1) is 5.82 Å². The lowest BCUT2D eigenvalue weighted by Gasteiger charge is -2.38. The van der Waals surface area contributed by atoms with Crippen molar-refractivity contribution in [3.8, 4) is 0 Å². The number of hydrogen-bond acceptors (Lipinski definition) is 6. The summed E-state index contributed by atoms with van der Waals surface area (Å²) in [5, 5.41) is 3.58. The summed E-state index contributed by atoms with van der Waals surface area (Å²) in [6, 6.07) is 3.50. The molecule has 1 aromatic heterocycles. The molecule has 0 spiro atoms. The monoisotopic (exact) mass is 443 g/mol. The summed E-state index contributed by atoms with van der Waals surface area (Å²) in [6.07, 6.45) is 1.40. The number of hydrogen-bond donors (Lipinski definition) is 2. The van der Waals surface area contributed by atoms with Gasteiger partial charge in [-0.15, -0.1) is 0 Å². The van der Waals surface area contributed by atoms with Crippen molar-refractivity contribution < 1.29 is 17.9 Å². The van der Waals surface area contributed by atoms with Crippen LogP contribution in [0.25, 0.3) is 0 Å². The van der Waals surface area contributed by atoms with E-state index in [4.69, 9.17) is 28.9 Å². The van der Waals surface area contributed by atoms with Gasteiger partial charge in [0.05, 0.1) is 16.6 Å². The molecule has 2 aliphatic rings. The van der Waals surface area contributed by atoms with Gasteiger partial charge in [0, 0.05) is 23.0 Å². The van der Waals surface area contributed by atoms with E-state index < -0.39 is 29.9 Å². The number of aromatic nitrogens is 1. The molecule has 1 aromatic carbocycles. The maximum Gasteiger partial charge on any atom is 0.310 e. The average Bonchev–Trinajstić information content (AvgIpc) is 2.64. The maximum atomic E-state index is 14.8. The van der Waals surface area contributed by atoms with Gasteiger partial charge in [-0.1, -0.05) is 23.2 Å². The van der Waals surface area contributed by atoms with Crippen LogP contribution in [0.3, 0.4) is 0 Å². The number of pyridine rings is 1. The summed E-state index contributed by atoms with van der Waals surface area (Å²) < 4.78 is 48.7. The molecule has 0 fully saturated rings. The summed E-state index contributed by atoms with van der Waals surface area (Å²) >= 11 is 12.0. The average molecular weight is 444 g/mol. The van der Waals surface area contributed by atoms with Gasteiger partial charge in [-0.2, -0.15) is 8.78 Å². The minimum Gasteiger partial charge on any atom is -0.459 e. The van der Waals surface area contributed by atoms with Crippen molar-refractivity contribution in [2.24, 2.45) is 15.7 Å². The van der Waals surface area contributed by atoms with E-state index in [-0.39, 0.29) is 17.1 Å². The molecule has 0 aliphatic carbocycles. The predicted molar refractivity (Wildman–Crippen MR) is 104 cm³/mol. The SMILES string of the molecule is C[C@]1(c2cc3c(cc2F)CN=C(c2ncc(Cl)cc2Cl)N3)N=C(N)OCC1(F)F. The summed E-state index contributed by atoms with van der Waals surface area (Å²) in [5.41, 5.74) is 4.13. The van der Waals surface area contributed by atoms with Crippen molar-refractivity contribution >= 4 is 40.7 Å².